The lowest BCUT2D eigenvalue weighted by atomic mass is 10.0. The second-order valence-corrected chi connectivity index (χ2v) is 19.9. The molecule has 3 aromatic heterocycles. The lowest BCUT2D eigenvalue weighted by molar-refractivity contribution is 1.18. The SMILES string of the molecule is C[Si]1(C)c2ccccc2-c2nc(-c3ccc4c(c3)c3cc(-c5ccccc5)ccc3n4-c3ccccc3)nc(-c3cccc4c3sc3ccccc34)c21. The second kappa shape index (κ2) is 11.4. The van der Waals surface area contributed by atoms with Gasteiger partial charge in [-0.2, -0.15) is 0 Å². The minimum absolute atomic E-state index is 0.764. The summed E-state index contributed by atoms with van der Waals surface area (Å²) >= 11 is 1.87. The van der Waals surface area contributed by atoms with Gasteiger partial charge in [-0.25, -0.2) is 9.97 Å². The molecule has 0 bridgehead atoms. The molecular weight excluding hydrogens is 679 g/mol. The number of aromatic nitrogens is 3. The fourth-order valence-electron chi connectivity index (χ4n) is 8.70. The number of rotatable bonds is 4. The van der Waals surface area contributed by atoms with Gasteiger partial charge in [-0.1, -0.05) is 128 Å². The molecule has 53 heavy (non-hydrogen) atoms. The summed E-state index contributed by atoms with van der Waals surface area (Å²) in [7, 11) is -2.14. The molecule has 0 fully saturated rings. The zero-order valence-corrected chi connectivity index (χ0v) is 31.2. The average molecular weight is 712 g/mol. The highest BCUT2D eigenvalue weighted by Gasteiger charge is 2.42. The highest BCUT2D eigenvalue weighted by Crippen LogP contribution is 2.42. The summed E-state index contributed by atoms with van der Waals surface area (Å²) in [5, 5.41) is 7.75. The van der Waals surface area contributed by atoms with Gasteiger partial charge in [-0.15, -0.1) is 11.3 Å². The summed E-state index contributed by atoms with van der Waals surface area (Å²) in [4.78, 5) is 11.1. The van der Waals surface area contributed by atoms with E-state index in [2.05, 4.69) is 181 Å². The molecule has 11 rings (SSSR count). The molecule has 1 aliphatic rings. The van der Waals surface area contributed by atoms with Crippen molar-refractivity contribution in [1.82, 2.24) is 14.5 Å². The van der Waals surface area contributed by atoms with Crippen molar-refractivity contribution in [3.05, 3.63) is 164 Å². The van der Waals surface area contributed by atoms with Crippen molar-refractivity contribution in [3.63, 3.8) is 0 Å². The topological polar surface area (TPSA) is 30.7 Å². The highest BCUT2D eigenvalue weighted by atomic mass is 32.1. The van der Waals surface area contributed by atoms with Crippen LogP contribution >= 0.6 is 11.3 Å². The summed E-state index contributed by atoms with van der Waals surface area (Å²) in [6.07, 6.45) is 0. The molecule has 0 aliphatic carbocycles. The molecule has 10 aromatic rings. The van der Waals surface area contributed by atoms with Crippen molar-refractivity contribution in [1.29, 1.82) is 0 Å². The molecule has 0 saturated heterocycles. The lowest BCUT2D eigenvalue weighted by Crippen LogP contribution is -2.50. The van der Waals surface area contributed by atoms with E-state index in [9.17, 15) is 0 Å². The van der Waals surface area contributed by atoms with Gasteiger partial charge >= 0.3 is 0 Å². The Kier molecular flexibility index (Phi) is 6.57. The van der Waals surface area contributed by atoms with Crippen LogP contribution in [-0.4, -0.2) is 22.6 Å². The minimum atomic E-state index is -2.14. The Morgan fingerprint density at radius 3 is 1.89 bits per heavy atom. The summed E-state index contributed by atoms with van der Waals surface area (Å²) in [6.45, 7) is 4.92. The average Bonchev–Trinajstić information content (AvgIpc) is 3.83. The Bertz CT molecular complexity index is 3090. The van der Waals surface area contributed by atoms with Gasteiger partial charge in [0, 0.05) is 47.8 Å². The molecule has 0 unspecified atom stereocenters. The van der Waals surface area contributed by atoms with Crippen LogP contribution in [0.2, 0.25) is 13.1 Å². The molecule has 250 valence electrons. The molecule has 0 atom stereocenters. The van der Waals surface area contributed by atoms with Crippen molar-refractivity contribution in [3.8, 4) is 50.7 Å². The molecular formula is C48H33N3SSi. The zero-order valence-electron chi connectivity index (χ0n) is 29.3. The second-order valence-electron chi connectivity index (χ2n) is 14.6. The number of fused-ring (bicyclic) bond motifs is 9. The van der Waals surface area contributed by atoms with E-state index in [1.54, 1.807) is 0 Å². The van der Waals surface area contributed by atoms with Gasteiger partial charge in [0.2, 0.25) is 0 Å². The van der Waals surface area contributed by atoms with Gasteiger partial charge in [0.1, 0.15) is 8.07 Å². The number of thiophene rings is 1. The van der Waals surface area contributed by atoms with Crippen molar-refractivity contribution < 1.29 is 0 Å². The van der Waals surface area contributed by atoms with E-state index in [0.717, 1.165) is 34.0 Å². The zero-order chi connectivity index (χ0) is 35.3. The van der Waals surface area contributed by atoms with Crippen molar-refractivity contribution >= 4 is 71.8 Å². The first-order valence-electron chi connectivity index (χ1n) is 18.2. The van der Waals surface area contributed by atoms with Gasteiger partial charge in [0.15, 0.2) is 5.82 Å². The molecule has 5 heteroatoms. The minimum Gasteiger partial charge on any atom is -0.309 e. The van der Waals surface area contributed by atoms with Crippen molar-refractivity contribution in [2.24, 2.45) is 0 Å². The van der Waals surface area contributed by atoms with Gasteiger partial charge in [-0.05, 0) is 75.6 Å². The third kappa shape index (κ3) is 4.51. The van der Waals surface area contributed by atoms with E-state index in [4.69, 9.17) is 9.97 Å². The van der Waals surface area contributed by atoms with Crippen LogP contribution in [0.15, 0.2) is 164 Å². The maximum absolute atomic E-state index is 5.62. The van der Waals surface area contributed by atoms with Crippen LogP contribution in [0.4, 0.5) is 0 Å². The van der Waals surface area contributed by atoms with Crippen LogP contribution in [0.1, 0.15) is 0 Å². The summed E-state index contributed by atoms with van der Waals surface area (Å²) in [6, 6.07) is 59.4. The first kappa shape index (κ1) is 30.5. The molecule has 3 nitrogen and oxygen atoms in total. The third-order valence-electron chi connectivity index (χ3n) is 11.2. The lowest BCUT2D eigenvalue weighted by Gasteiger charge is -2.22. The Morgan fingerprint density at radius 1 is 0.491 bits per heavy atom. The monoisotopic (exact) mass is 711 g/mol. The Balaban J connectivity index is 1.20. The predicted molar refractivity (Wildman–Crippen MR) is 228 cm³/mol. The van der Waals surface area contributed by atoms with Crippen LogP contribution in [0.25, 0.3) is 92.7 Å². The number of para-hydroxylation sites is 1. The predicted octanol–water partition coefficient (Wildman–Crippen LogP) is 11.7. The number of nitrogens with zero attached hydrogens (tertiary/aromatic N) is 3. The van der Waals surface area contributed by atoms with E-state index in [1.807, 2.05) is 11.3 Å². The Morgan fingerprint density at radius 2 is 1.09 bits per heavy atom. The molecule has 0 saturated carbocycles. The van der Waals surface area contributed by atoms with Gasteiger partial charge in [0.25, 0.3) is 0 Å². The highest BCUT2D eigenvalue weighted by molar-refractivity contribution is 7.26. The molecule has 0 radical (unpaired) electrons. The molecule has 7 aromatic carbocycles. The van der Waals surface area contributed by atoms with Crippen LogP contribution in [-0.2, 0) is 0 Å². The van der Waals surface area contributed by atoms with Crippen LogP contribution in [0.3, 0.4) is 0 Å². The van der Waals surface area contributed by atoms with E-state index >= 15 is 0 Å². The van der Waals surface area contributed by atoms with E-state index in [1.165, 1.54) is 69.1 Å². The summed E-state index contributed by atoms with van der Waals surface area (Å²) < 4.78 is 4.97. The maximum Gasteiger partial charge on any atom is 0.160 e. The fourth-order valence-corrected chi connectivity index (χ4v) is 13.1. The smallest absolute Gasteiger partial charge is 0.160 e. The van der Waals surface area contributed by atoms with Crippen molar-refractivity contribution in [2.45, 2.75) is 13.1 Å². The number of benzene rings is 7. The van der Waals surface area contributed by atoms with Crippen LogP contribution in [0.5, 0.6) is 0 Å². The van der Waals surface area contributed by atoms with E-state index in [0.29, 0.717) is 0 Å². The van der Waals surface area contributed by atoms with Gasteiger partial charge in [0.05, 0.1) is 22.4 Å². The fraction of sp³-hybridized carbons (Fsp3) is 0.0417. The van der Waals surface area contributed by atoms with Crippen molar-refractivity contribution in [2.75, 3.05) is 0 Å². The molecule has 1 aliphatic heterocycles. The normalized spacial score (nSPS) is 13.2. The number of hydrogen-bond acceptors (Lipinski definition) is 3. The van der Waals surface area contributed by atoms with Crippen LogP contribution in [0, 0.1) is 0 Å². The van der Waals surface area contributed by atoms with Crippen LogP contribution < -0.4 is 10.4 Å². The summed E-state index contributed by atoms with van der Waals surface area (Å²) in [5.41, 5.74) is 11.5. The molecule has 0 amide bonds. The first-order valence-corrected chi connectivity index (χ1v) is 22.0. The van der Waals surface area contributed by atoms with Gasteiger partial charge in [-0.3, -0.25) is 0 Å². The Hall–Kier alpha value is -6.14. The molecule has 0 N–H and O–H groups in total. The van der Waals surface area contributed by atoms with E-state index in [-0.39, 0.29) is 0 Å². The number of hydrogen-bond donors (Lipinski definition) is 0. The van der Waals surface area contributed by atoms with Gasteiger partial charge < -0.3 is 4.57 Å². The maximum atomic E-state index is 5.62. The largest absolute Gasteiger partial charge is 0.309 e. The standard InChI is InChI=1S/C48H33N3SSi/c1-53(2)43-23-12-10-19-36(43)44-47(53)45(37-21-13-20-35-34-18-9-11-22-42(34)52-46(35)37)50-48(49-44)32-25-27-41-39(29-32)38-28-31(30-14-5-3-6-15-30)24-26-40(38)51(41)33-16-7-4-8-17-33/h3-29H,1-2H3. The first-order chi connectivity index (χ1) is 26.0. The molecule has 4 heterocycles. The molecule has 0 spiro atoms. The quantitative estimate of drug-likeness (QED) is 0.170. The summed E-state index contributed by atoms with van der Waals surface area (Å²) in [5.74, 6) is 0.764. The van der Waals surface area contributed by atoms with E-state index < -0.39 is 8.07 Å². The Labute approximate surface area is 312 Å². The third-order valence-corrected chi connectivity index (χ3v) is 15.9.